The van der Waals surface area contributed by atoms with Gasteiger partial charge in [-0.3, -0.25) is 4.79 Å². The topological polar surface area (TPSA) is 37.3 Å². The molecule has 3 fully saturated rings. The molecule has 7 atom stereocenters. The summed E-state index contributed by atoms with van der Waals surface area (Å²) in [4.78, 5) is 12.3. The Morgan fingerprint density at radius 3 is 2.67 bits per heavy atom. The molecule has 4 aliphatic rings. The number of hydrogen-bond acceptors (Lipinski definition) is 2. The Labute approximate surface area is 108 Å². The second-order valence-electron chi connectivity index (χ2n) is 6.90. The van der Waals surface area contributed by atoms with Crippen LogP contribution in [0, 0.1) is 41.4 Å². The third kappa shape index (κ3) is 1.36. The van der Waals surface area contributed by atoms with Crippen LogP contribution in [0.25, 0.3) is 0 Å². The molecular formula is C16H22O2. The number of carbonyl (C=O) groups excluding carboxylic acids is 1. The number of ketones is 1. The number of fused-ring (bicyclic) bond motifs is 9. The maximum Gasteiger partial charge on any atom is 0.136 e. The van der Waals surface area contributed by atoms with Crippen molar-refractivity contribution in [3.8, 4) is 0 Å². The monoisotopic (exact) mass is 246 g/mol. The quantitative estimate of drug-likeness (QED) is 0.611. The third-order valence-electron chi connectivity index (χ3n) is 6.27. The fourth-order valence-corrected chi connectivity index (χ4v) is 5.82. The van der Waals surface area contributed by atoms with E-state index in [9.17, 15) is 4.79 Å². The van der Waals surface area contributed by atoms with Gasteiger partial charge in [0.05, 0.1) is 0 Å². The number of rotatable bonds is 4. The molecule has 4 aliphatic carbocycles. The summed E-state index contributed by atoms with van der Waals surface area (Å²) in [6.07, 6.45) is 10.0. The maximum atomic E-state index is 12.3. The second-order valence-corrected chi connectivity index (χ2v) is 6.90. The minimum atomic E-state index is 0.159. The van der Waals surface area contributed by atoms with Crippen LogP contribution in [-0.2, 0) is 4.79 Å². The molecular weight excluding hydrogens is 224 g/mol. The molecule has 18 heavy (non-hydrogen) atoms. The Hall–Kier alpha value is -0.630. The lowest BCUT2D eigenvalue weighted by molar-refractivity contribution is -0.125. The molecule has 0 aromatic heterocycles. The summed E-state index contributed by atoms with van der Waals surface area (Å²) in [7, 11) is 0. The summed E-state index contributed by atoms with van der Waals surface area (Å²) in [6.45, 7) is 0.159. The molecule has 0 radical (unpaired) electrons. The Kier molecular flexibility index (Phi) is 2.45. The number of aliphatic hydroxyl groups is 1. The average Bonchev–Trinajstić information content (AvgIpc) is 3.10. The average molecular weight is 246 g/mol. The van der Waals surface area contributed by atoms with E-state index in [1.54, 1.807) is 0 Å². The van der Waals surface area contributed by atoms with Crippen molar-refractivity contribution in [2.45, 2.75) is 32.1 Å². The molecule has 0 aliphatic heterocycles. The van der Waals surface area contributed by atoms with Gasteiger partial charge in [-0.05, 0) is 61.2 Å². The van der Waals surface area contributed by atoms with Crippen LogP contribution < -0.4 is 0 Å². The highest BCUT2D eigenvalue weighted by molar-refractivity contribution is 5.82. The first-order valence-electron chi connectivity index (χ1n) is 7.61. The molecule has 7 unspecified atom stereocenters. The van der Waals surface area contributed by atoms with Crippen LogP contribution in [0.1, 0.15) is 32.1 Å². The van der Waals surface area contributed by atoms with Crippen LogP contribution in [0.2, 0.25) is 0 Å². The summed E-state index contributed by atoms with van der Waals surface area (Å²) in [5.74, 6) is 5.71. The SMILES string of the molecule is O=C(CCCO)C1CC2CC1C1C3C=CC(C3)C21. The highest BCUT2D eigenvalue weighted by Crippen LogP contribution is 2.67. The zero-order chi connectivity index (χ0) is 12.3. The number of carbonyl (C=O) groups is 1. The Morgan fingerprint density at radius 2 is 1.89 bits per heavy atom. The molecule has 0 saturated heterocycles. The van der Waals surface area contributed by atoms with Crippen LogP contribution >= 0.6 is 0 Å². The van der Waals surface area contributed by atoms with Gasteiger partial charge in [-0.25, -0.2) is 0 Å². The molecule has 0 aromatic carbocycles. The van der Waals surface area contributed by atoms with Crippen molar-refractivity contribution in [1.29, 1.82) is 0 Å². The lowest BCUT2D eigenvalue weighted by Crippen LogP contribution is -2.34. The summed E-state index contributed by atoms with van der Waals surface area (Å²) in [5, 5.41) is 8.86. The first-order chi connectivity index (χ1) is 8.79. The number of aliphatic hydroxyl groups excluding tert-OH is 1. The smallest absolute Gasteiger partial charge is 0.136 e. The van der Waals surface area contributed by atoms with Gasteiger partial charge >= 0.3 is 0 Å². The van der Waals surface area contributed by atoms with E-state index in [1.807, 2.05) is 0 Å². The normalized spacial score (nSPS) is 51.1. The van der Waals surface area contributed by atoms with E-state index < -0.39 is 0 Å². The van der Waals surface area contributed by atoms with E-state index in [2.05, 4.69) is 12.2 Å². The van der Waals surface area contributed by atoms with Gasteiger partial charge in [0.1, 0.15) is 5.78 Å². The summed E-state index contributed by atoms with van der Waals surface area (Å²) < 4.78 is 0. The molecule has 0 amide bonds. The standard InChI is InChI=1S/C16H22O2/c17-5-1-2-14(18)12-7-11-8-13(12)16-10-4-3-9(6-10)15(11)16/h3-4,9-13,15-17H,1-2,5-8H2. The molecule has 0 aromatic rings. The molecule has 2 nitrogen and oxygen atoms in total. The van der Waals surface area contributed by atoms with Crippen LogP contribution in [0.4, 0.5) is 0 Å². The third-order valence-corrected chi connectivity index (χ3v) is 6.27. The minimum absolute atomic E-state index is 0.159. The van der Waals surface area contributed by atoms with Crippen molar-refractivity contribution < 1.29 is 9.90 Å². The summed E-state index contributed by atoms with van der Waals surface area (Å²) >= 11 is 0. The Bertz CT molecular complexity index is 400. The van der Waals surface area contributed by atoms with Crippen molar-refractivity contribution in [2.24, 2.45) is 41.4 Å². The highest BCUT2D eigenvalue weighted by atomic mass is 16.3. The maximum absolute atomic E-state index is 12.3. The molecule has 1 N–H and O–H groups in total. The van der Waals surface area contributed by atoms with Crippen molar-refractivity contribution in [3.63, 3.8) is 0 Å². The highest BCUT2D eigenvalue weighted by Gasteiger charge is 2.61. The van der Waals surface area contributed by atoms with Gasteiger partial charge in [0.15, 0.2) is 0 Å². The molecule has 0 spiro atoms. The van der Waals surface area contributed by atoms with Gasteiger partial charge in [0.25, 0.3) is 0 Å². The Balaban J connectivity index is 1.52. The van der Waals surface area contributed by atoms with E-state index in [4.69, 9.17) is 5.11 Å². The largest absolute Gasteiger partial charge is 0.396 e. The van der Waals surface area contributed by atoms with Crippen molar-refractivity contribution in [1.82, 2.24) is 0 Å². The first-order valence-corrected chi connectivity index (χ1v) is 7.61. The van der Waals surface area contributed by atoms with E-state index in [1.165, 1.54) is 12.8 Å². The first kappa shape index (κ1) is 11.2. The van der Waals surface area contributed by atoms with Gasteiger partial charge in [-0.1, -0.05) is 12.2 Å². The van der Waals surface area contributed by atoms with Crippen LogP contribution in [0.3, 0.4) is 0 Å². The van der Waals surface area contributed by atoms with Crippen molar-refractivity contribution >= 4 is 5.78 Å². The number of Topliss-reactive ketones (excluding diaryl/α,β-unsaturated/α-hetero) is 1. The lowest BCUT2D eigenvalue weighted by atomic mass is 9.68. The van der Waals surface area contributed by atoms with Crippen LogP contribution in [0.15, 0.2) is 12.2 Å². The molecule has 0 heterocycles. The Morgan fingerprint density at radius 1 is 1.11 bits per heavy atom. The predicted molar refractivity (Wildman–Crippen MR) is 68.7 cm³/mol. The minimum Gasteiger partial charge on any atom is -0.396 e. The summed E-state index contributed by atoms with van der Waals surface area (Å²) in [6, 6.07) is 0. The van der Waals surface area contributed by atoms with E-state index >= 15 is 0 Å². The fourth-order valence-electron chi connectivity index (χ4n) is 5.82. The van der Waals surface area contributed by atoms with Gasteiger partial charge < -0.3 is 5.11 Å². The van der Waals surface area contributed by atoms with Gasteiger partial charge in [0.2, 0.25) is 0 Å². The number of allylic oxidation sites excluding steroid dienone is 2. The van der Waals surface area contributed by atoms with Crippen LogP contribution in [0.5, 0.6) is 0 Å². The zero-order valence-corrected chi connectivity index (χ0v) is 10.8. The van der Waals surface area contributed by atoms with E-state index in [-0.39, 0.29) is 6.61 Å². The molecule has 3 saturated carbocycles. The molecule has 2 heteroatoms. The van der Waals surface area contributed by atoms with Crippen molar-refractivity contribution in [3.05, 3.63) is 12.2 Å². The zero-order valence-electron chi connectivity index (χ0n) is 10.8. The molecule has 4 rings (SSSR count). The van der Waals surface area contributed by atoms with E-state index in [0.29, 0.717) is 30.5 Å². The number of hydrogen-bond donors (Lipinski definition) is 1. The molecule has 4 bridgehead atoms. The van der Waals surface area contributed by atoms with Gasteiger partial charge in [-0.15, -0.1) is 0 Å². The van der Waals surface area contributed by atoms with Gasteiger partial charge in [-0.2, -0.15) is 0 Å². The lowest BCUT2D eigenvalue weighted by Gasteiger charge is -2.36. The van der Waals surface area contributed by atoms with Crippen molar-refractivity contribution in [2.75, 3.05) is 6.61 Å². The second kappa shape index (κ2) is 3.93. The predicted octanol–water partition coefficient (Wildman–Crippen LogP) is 2.42. The van der Waals surface area contributed by atoms with Crippen LogP contribution in [-0.4, -0.2) is 17.5 Å². The fraction of sp³-hybridized carbons (Fsp3) is 0.812. The van der Waals surface area contributed by atoms with E-state index in [0.717, 1.165) is 36.0 Å². The molecule has 98 valence electrons. The van der Waals surface area contributed by atoms with Gasteiger partial charge in [0, 0.05) is 18.9 Å². The summed E-state index contributed by atoms with van der Waals surface area (Å²) in [5.41, 5.74) is 0.